The second-order valence-electron chi connectivity index (χ2n) is 11.3. The summed E-state index contributed by atoms with van der Waals surface area (Å²) >= 11 is 0. The summed E-state index contributed by atoms with van der Waals surface area (Å²) < 4.78 is 5.22. The van der Waals surface area contributed by atoms with Crippen LogP contribution in [0.25, 0.3) is 0 Å². The number of esters is 1. The largest absolute Gasteiger partial charge is 0.462 e. The SMILES string of the molecule is CCCCOC(=O)c1ccc(NC(=O)C2CCC(N3C(=O)C4C5C=CC(C6CC56)C4C3=O)CC2)cc1. The maximum absolute atomic E-state index is 13.4. The van der Waals surface area contributed by atoms with Crippen LogP contribution in [0, 0.1) is 41.4 Å². The molecule has 6 aliphatic rings. The van der Waals surface area contributed by atoms with E-state index >= 15 is 0 Å². The van der Waals surface area contributed by atoms with E-state index in [9.17, 15) is 19.2 Å². The molecule has 36 heavy (non-hydrogen) atoms. The number of nitrogens with one attached hydrogen (secondary N) is 1. The number of unbranched alkanes of at least 4 members (excludes halogenated alkanes) is 1. The minimum absolute atomic E-state index is 0.0379. The number of nitrogens with zero attached hydrogens (tertiary/aromatic N) is 1. The predicted molar refractivity (Wildman–Crippen MR) is 133 cm³/mol. The predicted octanol–water partition coefficient (Wildman–Crippen LogP) is 4.19. The van der Waals surface area contributed by atoms with Crippen molar-refractivity contribution < 1.29 is 23.9 Å². The summed E-state index contributed by atoms with van der Waals surface area (Å²) in [5.41, 5.74) is 1.11. The lowest BCUT2D eigenvalue weighted by Crippen LogP contribution is -2.44. The Morgan fingerprint density at radius 3 is 2.14 bits per heavy atom. The molecule has 1 N–H and O–H groups in total. The quantitative estimate of drug-likeness (QED) is 0.268. The van der Waals surface area contributed by atoms with E-state index in [1.165, 1.54) is 6.42 Å². The number of carbonyl (C=O) groups excluding carboxylic acids is 4. The van der Waals surface area contributed by atoms with Gasteiger partial charge in [-0.25, -0.2) is 4.79 Å². The molecule has 5 aliphatic carbocycles. The molecule has 1 aromatic rings. The van der Waals surface area contributed by atoms with E-state index in [4.69, 9.17) is 4.74 Å². The number of allylic oxidation sites excluding steroid dienone is 2. The normalized spacial score (nSPS) is 35.9. The first-order valence-corrected chi connectivity index (χ1v) is 13.6. The first-order valence-electron chi connectivity index (χ1n) is 13.6. The minimum atomic E-state index is -0.355. The van der Waals surface area contributed by atoms with Crippen LogP contribution >= 0.6 is 0 Å². The zero-order valence-corrected chi connectivity index (χ0v) is 20.7. The molecule has 7 nitrogen and oxygen atoms in total. The smallest absolute Gasteiger partial charge is 0.338 e. The van der Waals surface area contributed by atoms with Crippen LogP contribution < -0.4 is 5.32 Å². The van der Waals surface area contributed by atoms with Crippen LogP contribution in [0.5, 0.6) is 0 Å². The summed E-state index contributed by atoms with van der Waals surface area (Å²) in [5, 5.41) is 2.96. The van der Waals surface area contributed by atoms with Crippen LogP contribution in [0.1, 0.15) is 62.2 Å². The van der Waals surface area contributed by atoms with Crippen LogP contribution in [0.2, 0.25) is 0 Å². The molecule has 4 fully saturated rings. The van der Waals surface area contributed by atoms with Gasteiger partial charge in [0.15, 0.2) is 0 Å². The topological polar surface area (TPSA) is 92.8 Å². The third-order valence-electron chi connectivity index (χ3n) is 9.25. The van der Waals surface area contributed by atoms with Gasteiger partial charge in [-0.1, -0.05) is 25.5 Å². The second kappa shape index (κ2) is 9.16. The Bertz CT molecular complexity index is 1070. The molecular weight excluding hydrogens is 456 g/mol. The Morgan fingerprint density at radius 2 is 1.56 bits per heavy atom. The van der Waals surface area contributed by atoms with Crippen molar-refractivity contribution >= 4 is 29.4 Å². The molecule has 6 atom stereocenters. The van der Waals surface area contributed by atoms with Gasteiger partial charge in [-0.15, -0.1) is 0 Å². The highest BCUT2D eigenvalue weighted by Crippen LogP contribution is 2.65. The Balaban J connectivity index is 1.02. The lowest BCUT2D eigenvalue weighted by atomic mass is 9.63. The van der Waals surface area contributed by atoms with Gasteiger partial charge in [0.2, 0.25) is 17.7 Å². The molecule has 7 heteroatoms. The van der Waals surface area contributed by atoms with Crippen LogP contribution in [-0.2, 0) is 19.1 Å². The molecule has 1 saturated heterocycles. The number of amides is 3. The number of likely N-dealkylation sites (tertiary alicyclic amines) is 1. The highest BCUT2D eigenvalue weighted by Gasteiger charge is 2.67. The van der Waals surface area contributed by atoms with Gasteiger partial charge in [-0.2, -0.15) is 0 Å². The van der Waals surface area contributed by atoms with E-state index in [1.807, 2.05) is 6.92 Å². The first kappa shape index (κ1) is 23.4. The van der Waals surface area contributed by atoms with Gasteiger partial charge >= 0.3 is 5.97 Å². The average Bonchev–Trinajstić information content (AvgIpc) is 3.67. The van der Waals surface area contributed by atoms with Crippen molar-refractivity contribution in [2.75, 3.05) is 11.9 Å². The molecule has 1 aliphatic heterocycles. The second-order valence-corrected chi connectivity index (χ2v) is 11.3. The van der Waals surface area contributed by atoms with Crippen molar-refractivity contribution in [1.29, 1.82) is 0 Å². The summed E-state index contributed by atoms with van der Waals surface area (Å²) in [6.45, 7) is 2.45. The van der Waals surface area contributed by atoms with E-state index in [1.54, 1.807) is 29.2 Å². The molecule has 0 radical (unpaired) electrons. The van der Waals surface area contributed by atoms with Gasteiger partial charge in [0.05, 0.1) is 24.0 Å². The maximum atomic E-state index is 13.4. The number of benzene rings is 1. The minimum Gasteiger partial charge on any atom is -0.462 e. The van der Waals surface area contributed by atoms with E-state index in [2.05, 4.69) is 17.5 Å². The highest BCUT2D eigenvalue weighted by molar-refractivity contribution is 6.06. The molecule has 0 aromatic heterocycles. The monoisotopic (exact) mass is 490 g/mol. The highest BCUT2D eigenvalue weighted by atomic mass is 16.5. The fourth-order valence-corrected chi connectivity index (χ4v) is 7.26. The summed E-state index contributed by atoms with van der Waals surface area (Å²) in [6.07, 6.45) is 10.0. The van der Waals surface area contributed by atoms with Crippen molar-refractivity contribution in [3.8, 4) is 0 Å². The Morgan fingerprint density at radius 1 is 0.944 bits per heavy atom. The van der Waals surface area contributed by atoms with Crippen molar-refractivity contribution in [3.63, 3.8) is 0 Å². The summed E-state index contributed by atoms with van der Waals surface area (Å²) in [7, 11) is 0. The Labute approximate surface area is 211 Å². The fraction of sp³-hybridized carbons (Fsp3) is 0.586. The molecule has 1 heterocycles. The van der Waals surface area contributed by atoms with Crippen molar-refractivity contribution in [2.24, 2.45) is 41.4 Å². The molecule has 3 amide bonds. The number of ether oxygens (including phenoxy) is 1. The number of hydrogen-bond donors (Lipinski definition) is 1. The van der Waals surface area contributed by atoms with Crippen LogP contribution in [-0.4, -0.2) is 41.2 Å². The molecule has 2 bridgehead atoms. The van der Waals surface area contributed by atoms with Gasteiger partial charge in [0, 0.05) is 17.6 Å². The van der Waals surface area contributed by atoms with Crippen LogP contribution in [0.15, 0.2) is 36.4 Å². The van der Waals surface area contributed by atoms with Crippen LogP contribution in [0.4, 0.5) is 5.69 Å². The zero-order valence-electron chi connectivity index (χ0n) is 20.7. The van der Waals surface area contributed by atoms with Crippen molar-refractivity contribution in [1.82, 2.24) is 4.90 Å². The third-order valence-corrected chi connectivity index (χ3v) is 9.25. The molecule has 190 valence electrons. The lowest BCUT2D eigenvalue weighted by Gasteiger charge is -2.37. The number of hydrogen-bond acceptors (Lipinski definition) is 5. The fourth-order valence-electron chi connectivity index (χ4n) is 7.26. The van der Waals surface area contributed by atoms with E-state index in [-0.39, 0.29) is 59.3 Å². The van der Waals surface area contributed by atoms with Gasteiger partial charge in [-0.3, -0.25) is 19.3 Å². The molecule has 6 unspecified atom stereocenters. The number of imide groups is 1. The molecule has 7 rings (SSSR count). The summed E-state index contributed by atoms with van der Waals surface area (Å²) in [5.74, 6) is 0.932. The average molecular weight is 491 g/mol. The number of rotatable bonds is 7. The van der Waals surface area contributed by atoms with E-state index in [0.29, 0.717) is 55.4 Å². The lowest BCUT2D eigenvalue weighted by molar-refractivity contribution is -0.144. The zero-order chi connectivity index (χ0) is 25.0. The molecule has 0 spiro atoms. The van der Waals surface area contributed by atoms with Gasteiger partial charge in [-0.05, 0) is 86.5 Å². The third kappa shape index (κ3) is 3.87. The van der Waals surface area contributed by atoms with E-state index < -0.39 is 0 Å². The first-order chi connectivity index (χ1) is 17.5. The Kier molecular flexibility index (Phi) is 5.97. The Hall–Kier alpha value is -2.96. The molecule has 1 aromatic carbocycles. The van der Waals surface area contributed by atoms with Gasteiger partial charge < -0.3 is 10.1 Å². The maximum Gasteiger partial charge on any atom is 0.338 e. The summed E-state index contributed by atoms with van der Waals surface area (Å²) in [6, 6.07) is 6.67. The van der Waals surface area contributed by atoms with Gasteiger partial charge in [0.25, 0.3) is 0 Å². The van der Waals surface area contributed by atoms with E-state index in [0.717, 1.165) is 12.8 Å². The summed E-state index contributed by atoms with van der Waals surface area (Å²) in [4.78, 5) is 53.3. The molecular formula is C29H34N2O5. The van der Waals surface area contributed by atoms with Crippen molar-refractivity contribution in [2.45, 2.75) is 57.9 Å². The molecule has 3 saturated carbocycles. The van der Waals surface area contributed by atoms with Crippen molar-refractivity contribution in [3.05, 3.63) is 42.0 Å². The van der Waals surface area contributed by atoms with Crippen LogP contribution in [0.3, 0.4) is 0 Å². The standard InChI is InChI=1S/C29H34N2O5/c1-2-3-14-36-29(35)17-4-8-18(9-5-17)30-26(32)16-6-10-19(11-7-16)31-27(33)24-20-12-13-21(23-15-22(20)23)25(24)28(31)34/h4-5,8-9,12-13,16,19-25H,2-3,6-7,10-11,14-15H2,1H3,(H,30,32). The number of carbonyl (C=O) groups is 4. The van der Waals surface area contributed by atoms with Gasteiger partial charge in [0.1, 0.15) is 0 Å². The number of anilines is 1.